The number of nitrogens with zero attached hydrogens (tertiary/aromatic N) is 3. The molecule has 0 radical (unpaired) electrons. The molecule has 8 nitrogen and oxygen atoms in total. The van der Waals surface area contributed by atoms with E-state index in [1.807, 2.05) is 13.1 Å². The number of halogens is 1. The third kappa shape index (κ3) is 3.72. The largest absolute Gasteiger partial charge is 0.323 e. The number of anilines is 2. The molecule has 2 aromatic carbocycles. The highest BCUT2D eigenvalue weighted by molar-refractivity contribution is 9.10. The maximum atomic E-state index is 12.2. The first-order chi connectivity index (χ1) is 12.5. The Bertz CT molecular complexity index is 967. The van der Waals surface area contributed by atoms with Crippen LogP contribution in [0.1, 0.15) is 0 Å². The van der Waals surface area contributed by atoms with Gasteiger partial charge in [0.05, 0.1) is 21.3 Å². The summed E-state index contributed by atoms with van der Waals surface area (Å²) in [5.41, 5.74) is 2.23. The molecule has 0 saturated carbocycles. The highest BCUT2D eigenvalue weighted by Gasteiger charge is 2.15. The second kappa shape index (κ2) is 7.36. The van der Waals surface area contributed by atoms with Crippen molar-refractivity contribution < 1.29 is 9.72 Å². The van der Waals surface area contributed by atoms with Crippen LogP contribution in [-0.2, 0) is 7.05 Å². The Morgan fingerprint density at radius 2 is 1.96 bits per heavy atom. The molecule has 2 N–H and O–H groups in total. The average Bonchev–Trinajstić information content (AvgIpc) is 2.94. The van der Waals surface area contributed by atoms with Crippen LogP contribution >= 0.6 is 15.9 Å². The van der Waals surface area contributed by atoms with Crippen LogP contribution in [0.15, 0.2) is 59.2 Å². The Hall–Kier alpha value is -3.20. The van der Waals surface area contributed by atoms with E-state index in [-0.39, 0.29) is 11.4 Å². The number of carbonyl (C=O) groups is 1. The molecule has 2 amide bonds. The van der Waals surface area contributed by atoms with E-state index < -0.39 is 11.0 Å². The van der Waals surface area contributed by atoms with Crippen molar-refractivity contribution in [2.45, 2.75) is 0 Å². The lowest BCUT2D eigenvalue weighted by Crippen LogP contribution is -2.20. The lowest BCUT2D eigenvalue weighted by Gasteiger charge is -2.10. The number of para-hydroxylation sites is 2. The normalized spacial score (nSPS) is 10.4. The lowest BCUT2D eigenvalue weighted by atomic mass is 10.1. The zero-order valence-corrected chi connectivity index (χ0v) is 15.2. The van der Waals surface area contributed by atoms with Gasteiger partial charge in [-0.05, 0) is 34.1 Å². The molecule has 9 heteroatoms. The van der Waals surface area contributed by atoms with E-state index in [0.717, 1.165) is 15.7 Å². The molecule has 132 valence electrons. The molecule has 0 aliphatic carbocycles. The van der Waals surface area contributed by atoms with Crippen LogP contribution in [0.3, 0.4) is 0 Å². The molecule has 26 heavy (non-hydrogen) atoms. The SMILES string of the molecule is Cn1ncc(Br)c1-c1cccc(NC(=O)Nc2ccccc2[N+](=O)[O-])c1. The summed E-state index contributed by atoms with van der Waals surface area (Å²) in [6, 6.07) is 12.6. The molecule has 0 unspecified atom stereocenters. The molecule has 3 aromatic rings. The zero-order valence-electron chi connectivity index (χ0n) is 13.6. The number of rotatable bonds is 4. The third-order valence-corrected chi connectivity index (χ3v) is 4.22. The van der Waals surface area contributed by atoms with Crippen LogP contribution in [0.5, 0.6) is 0 Å². The van der Waals surface area contributed by atoms with E-state index in [9.17, 15) is 14.9 Å². The van der Waals surface area contributed by atoms with Gasteiger partial charge >= 0.3 is 6.03 Å². The molecule has 0 atom stereocenters. The number of carbonyl (C=O) groups excluding carboxylic acids is 1. The molecular weight excluding hydrogens is 402 g/mol. The summed E-state index contributed by atoms with van der Waals surface area (Å²) in [4.78, 5) is 22.7. The number of nitrogens with one attached hydrogen (secondary N) is 2. The fourth-order valence-corrected chi connectivity index (χ4v) is 3.08. The second-order valence-corrected chi connectivity index (χ2v) is 6.25. The second-order valence-electron chi connectivity index (χ2n) is 5.40. The molecule has 0 fully saturated rings. The first-order valence-electron chi connectivity index (χ1n) is 7.55. The van der Waals surface area contributed by atoms with Crippen LogP contribution < -0.4 is 10.6 Å². The van der Waals surface area contributed by atoms with Gasteiger partial charge in [-0.3, -0.25) is 14.8 Å². The fraction of sp³-hybridized carbons (Fsp3) is 0.0588. The van der Waals surface area contributed by atoms with Gasteiger partial charge in [0.2, 0.25) is 0 Å². The number of nitro benzene ring substituents is 1. The van der Waals surface area contributed by atoms with Crippen molar-refractivity contribution in [1.29, 1.82) is 0 Å². The molecule has 0 saturated heterocycles. The van der Waals surface area contributed by atoms with Gasteiger partial charge in [0, 0.05) is 24.4 Å². The summed E-state index contributed by atoms with van der Waals surface area (Å²) >= 11 is 3.45. The Labute approximate surface area is 157 Å². The number of aromatic nitrogens is 2. The van der Waals surface area contributed by atoms with Gasteiger partial charge < -0.3 is 10.6 Å². The number of amides is 2. The Balaban J connectivity index is 1.79. The van der Waals surface area contributed by atoms with Gasteiger partial charge in [-0.1, -0.05) is 24.3 Å². The van der Waals surface area contributed by atoms with E-state index in [2.05, 4.69) is 31.7 Å². The minimum Gasteiger partial charge on any atom is -0.308 e. The molecule has 0 aliphatic rings. The highest BCUT2D eigenvalue weighted by Crippen LogP contribution is 2.29. The summed E-state index contributed by atoms with van der Waals surface area (Å²) in [5, 5.41) is 20.4. The van der Waals surface area contributed by atoms with Gasteiger partial charge in [-0.2, -0.15) is 5.10 Å². The summed E-state index contributed by atoms with van der Waals surface area (Å²) in [6.07, 6.45) is 1.69. The zero-order chi connectivity index (χ0) is 18.7. The van der Waals surface area contributed by atoms with E-state index in [4.69, 9.17) is 0 Å². The predicted molar refractivity (Wildman–Crippen MR) is 102 cm³/mol. The van der Waals surface area contributed by atoms with E-state index >= 15 is 0 Å². The van der Waals surface area contributed by atoms with Crippen molar-refractivity contribution in [3.63, 3.8) is 0 Å². The van der Waals surface area contributed by atoms with Crippen LogP contribution in [0.25, 0.3) is 11.3 Å². The molecule has 0 aliphatic heterocycles. The summed E-state index contributed by atoms with van der Waals surface area (Å²) in [5.74, 6) is 0. The Kier molecular flexibility index (Phi) is 4.99. The number of urea groups is 1. The molecular formula is C17H14BrN5O3. The Morgan fingerprint density at radius 3 is 2.65 bits per heavy atom. The molecule has 0 bridgehead atoms. The lowest BCUT2D eigenvalue weighted by molar-refractivity contribution is -0.383. The van der Waals surface area contributed by atoms with Gasteiger partial charge in [-0.25, -0.2) is 4.79 Å². The standard InChI is InChI=1S/C17H14BrN5O3/c1-22-16(13(18)10-19-22)11-5-4-6-12(9-11)20-17(24)21-14-7-2-3-8-15(14)23(25)26/h2-10H,1H3,(H2,20,21,24). The van der Waals surface area contributed by atoms with Crippen LogP contribution in [0, 0.1) is 10.1 Å². The van der Waals surface area contributed by atoms with Crippen molar-refractivity contribution in [1.82, 2.24) is 9.78 Å². The number of hydrogen-bond acceptors (Lipinski definition) is 4. The van der Waals surface area contributed by atoms with Crippen LogP contribution in [0.4, 0.5) is 21.9 Å². The fourth-order valence-electron chi connectivity index (χ4n) is 2.50. The predicted octanol–water partition coefficient (Wildman–Crippen LogP) is 4.40. The quantitative estimate of drug-likeness (QED) is 0.486. The van der Waals surface area contributed by atoms with E-state index in [1.54, 1.807) is 35.1 Å². The van der Waals surface area contributed by atoms with Gasteiger partial charge in [-0.15, -0.1) is 0 Å². The van der Waals surface area contributed by atoms with Crippen molar-refractivity contribution in [3.05, 3.63) is 69.3 Å². The maximum Gasteiger partial charge on any atom is 0.323 e. The first-order valence-corrected chi connectivity index (χ1v) is 8.34. The first kappa shape index (κ1) is 17.6. The van der Waals surface area contributed by atoms with Gasteiger partial charge in [0.1, 0.15) is 5.69 Å². The van der Waals surface area contributed by atoms with E-state index in [1.165, 1.54) is 18.2 Å². The summed E-state index contributed by atoms with van der Waals surface area (Å²) in [6.45, 7) is 0. The van der Waals surface area contributed by atoms with Crippen molar-refractivity contribution >= 4 is 39.0 Å². The average molecular weight is 416 g/mol. The van der Waals surface area contributed by atoms with Gasteiger partial charge in [0.25, 0.3) is 5.69 Å². The number of nitro groups is 1. The van der Waals surface area contributed by atoms with Crippen LogP contribution in [-0.4, -0.2) is 20.7 Å². The minimum atomic E-state index is -0.569. The highest BCUT2D eigenvalue weighted by atomic mass is 79.9. The minimum absolute atomic E-state index is 0.125. The van der Waals surface area contributed by atoms with Crippen molar-refractivity contribution in [2.24, 2.45) is 7.05 Å². The van der Waals surface area contributed by atoms with Crippen molar-refractivity contribution in [3.8, 4) is 11.3 Å². The number of aryl methyl sites for hydroxylation is 1. The monoisotopic (exact) mass is 415 g/mol. The molecule has 0 spiro atoms. The topological polar surface area (TPSA) is 102 Å². The molecule has 1 heterocycles. The maximum absolute atomic E-state index is 12.2. The smallest absolute Gasteiger partial charge is 0.308 e. The third-order valence-electron chi connectivity index (χ3n) is 3.64. The van der Waals surface area contributed by atoms with Crippen LogP contribution in [0.2, 0.25) is 0 Å². The van der Waals surface area contributed by atoms with E-state index in [0.29, 0.717) is 5.69 Å². The Morgan fingerprint density at radius 1 is 1.19 bits per heavy atom. The summed E-state index contributed by atoms with van der Waals surface area (Å²) in [7, 11) is 1.82. The van der Waals surface area contributed by atoms with Gasteiger partial charge in [0.15, 0.2) is 0 Å². The number of benzene rings is 2. The number of hydrogen-bond donors (Lipinski definition) is 2. The molecule has 1 aromatic heterocycles. The van der Waals surface area contributed by atoms with Crippen molar-refractivity contribution in [2.75, 3.05) is 10.6 Å². The molecule has 3 rings (SSSR count). The summed E-state index contributed by atoms with van der Waals surface area (Å²) < 4.78 is 2.55.